The molecule has 1 atom stereocenters. The van der Waals surface area contributed by atoms with Gasteiger partial charge in [0.1, 0.15) is 0 Å². The van der Waals surface area contributed by atoms with E-state index in [-0.39, 0.29) is 5.41 Å². The highest BCUT2D eigenvalue weighted by Crippen LogP contribution is 2.45. The lowest BCUT2D eigenvalue weighted by atomic mass is 9.66. The van der Waals surface area contributed by atoms with Crippen LogP contribution in [0.3, 0.4) is 0 Å². The first-order chi connectivity index (χ1) is 15.3. The van der Waals surface area contributed by atoms with E-state index in [0.29, 0.717) is 0 Å². The number of hydrogen-bond acceptors (Lipinski definition) is 0. The molecule has 0 bridgehead atoms. The first kappa shape index (κ1) is 19.3. The number of rotatable bonds is 5. The molecule has 150 valence electrons. The van der Waals surface area contributed by atoms with Crippen molar-refractivity contribution in [2.24, 2.45) is 0 Å². The van der Waals surface area contributed by atoms with E-state index < -0.39 is 0 Å². The average Bonchev–Trinajstić information content (AvgIpc) is 2.86. The minimum atomic E-state index is -0.103. The molecule has 0 aliphatic heterocycles. The van der Waals surface area contributed by atoms with Crippen molar-refractivity contribution < 1.29 is 0 Å². The maximum Gasteiger partial charge on any atom is 0.0222 e. The van der Waals surface area contributed by atoms with Crippen LogP contribution in [0.25, 0.3) is 11.1 Å². The van der Waals surface area contributed by atoms with E-state index in [9.17, 15) is 0 Å². The fraction of sp³-hybridized carbons (Fsp3) is 0.0968. The van der Waals surface area contributed by atoms with E-state index in [1.165, 1.54) is 33.4 Å². The van der Waals surface area contributed by atoms with Gasteiger partial charge in [-0.3, -0.25) is 0 Å². The molecule has 0 heterocycles. The fourth-order valence-electron chi connectivity index (χ4n) is 4.74. The van der Waals surface area contributed by atoms with E-state index >= 15 is 0 Å². The largest absolute Gasteiger partial charge is 0.0654 e. The lowest BCUT2D eigenvalue weighted by molar-refractivity contribution is 0.544. The zero-order chi connectivity index (χ0) is 20.9. The van der Waals surface area contributed by atoms with E-state index in [1.807, 2.05) is 0 Å². The summed E-state index contributed by atoms with van der Waals surface area (Å²) in [5.74, 6) is 0. The summed E-state index contributed by atoms with van der Waals surface area (Å²) in [5, 5.41) is 0. The van der Waals surface area contributed by atoms with Gasteiger partial charge in [0.15, 0.2) is 0 Å². The predicted octanol–water partition coefficient (Wildman–Crippen LogP) is 7.74. The van der Waals surface area contributed by atoms with Gasteiger partial charge in [0.05, 0.1) is 0 Å². The van der Waals surface area contributed by atoms with Crippen molar-refractivity contribution in [3.63, 3.8) is 0 Å². The molecule has 4 aromatic carbocycles. The van der Waals surface area contributed by atoms with Gasteiger partial charge < -0.3 is 0 Å². The van der Waals surface area contributed by atoms with Crippen molar-refractivity contribution in [3.8, 4) is 0 Å². The second-order valence-electron chi connectivity index (χ2n) is 8.36. The molecule has 1 unspecified atom stereocenters. The monoisotopic (exact) mass is 398 g/mol. The lowest BCUT2D eigenvalue weighted by Crippen LogP contribution is -2.29. The normalized spacial score (nSPS) is 18.2. The van der Waals surface area contributed by atoms with E-state index in [1.54, 1.807) is 0 Å². The molecule has 5 rings (SSSR count). The van der Waals surface area contributed by atoms with Crippen LogP contribution in [0.1, 0.15) is 28.7 Å². The van der Waals surface area contributed by atoms with Crippen LogP contribution in [0, 0.1) is 0 Å². The SMILES string of the molecule is C1=C(c2ccccc2)C=C(c2ccccc2)CC1(Cc1ccccc1)c1ccccc1. The van der Waals surface area contributed by atoms with Crippen molar-refractivity contribution in [1.82, 2.24) is 0 Å². The van der Waals surface area contributed by atoms with Crippen LogP contribution < -0.4 is 0 Å². The average molecular weight is 399 g/mol. The summed E-state index contributed by atoms with van der Waals surface area (Å²) in [5.41, 5.74) is 7.89. The van der Waals surface area contributed by atoms with Gasteiger partial charge in [-0.15, -0.1) is 0 Å². The standard InChI is InChI=1S/C31H26/c1-5-13-25(14-6-1)22-31(30-19-11-4-12-20-30)23-28(26-15-7-2-8-16-26)21-29(24-31)27-17-9-3-10-18-27/h1-21,23H,22,24H2. The Bertz CT molecular complexity index is 1190. The van der Waals surface area contributed by atoms with Crippen LogP contribution in [0.5, 0.6) is 0 Å². The molecule has 0 aromatic heterocycles. The van der Waals surface area contributed by atoms with E-state index in [2.05, 4.69) is 133 Å². The summed E-state index contributed by atoms with van der Waals surface area (Å²) in [6, 6.07) is 43.5. The summed E-state index contributed by atoms with van der Waals surface area (Å²) in [6.45, 7) is 0. The second-order valence-corrected chi connectivity index (χ2v) is 8.36. The summed E-state index contributed by atoms with van der Waals surface area (Å²) < 4.78 is 0. The fourth-order valence-corrected chi connectivity index (χ4v) is 4.74. The van der Waals surface area contributed by atoms with Crippen molar-refractivity contribution in [3.05, 3.63) is 156 Å². The summed E-state index contributed by atoms with van der Waals surface area (Å²) in [7, 11) is 0. The Morgan fingerprint density at radius 3 is 1.68 bits per heavy atom. The van der Waals surface area contributed by atoms with Gasteiger partial charge in [0.25, 0.3) is 0 Å². The number of benzene rings is 4. The quantitative estimate of drug-likeness (QED) is 0.322. The van der Waals surface area contributed by atoms with Crippen molar-refractivity contribution in [2.45, 2.75) is 18.3 Å². The van der Waals surface area contributed by atoms with Crippen LogP contribution in [0.2, 0.25) is 0 Å². The molecule has 0 heteroatoms. The molecule has 0 saturated carbocycles. The predicted molar refractivity (Wildman–Crippen MR) is 132 cm³/mol. The van der Waals surface area contributed by atoms with Crippen molar-refractivity contribution in [2.75, 3.05) is 0 Å². The van der Waals surface area contributed by atoms with Gasteiger partial charge in [0, 0.05) is 5.41 Å². The van der Waals surface area contributed by atoms with Crippen LogP contribution in [-0.2, 0) is 11.8 Å². The molecule has 0 fully saturated rings. The molecule has 0 nitrogen and oxygen atoms in total. The first-order valence-electron chi connectivity index (χ1n) is 11.0. The second kappa shape index (κ2) is 8.62. The van der Waals surface area contributed by atoms with Gasteiger partial charge in [0.2, 0.25) is 0 Å². The molecule has 0 radical (unpaired) electrons. The maximum absolute atomic E-state index is 2.51. The van der Waals surface area contributed by atoms with Gasteiger partial charge in [-0.05, 0) is 46.2 Å². The Kier molecular flexibility index (Phi) is 5.37. The van der Waals surface area contributed by atoms with Crippen LogP contribution in [0.4, 0.5) is 0 Å². The highest BCUT2D eigenvalue weighted by Gasteiger charge is 2.34. The Morgan fingerprint density at radius 1 is 0.548 bits per heavy atom. The molecule has 31 heavy (non-hydrogen) atoms. The maximum atomic E-state index is 2.51. The van der Waals surface area contributed by atoms with Gasteiger partial charge >= 0.3 is 0 Å². The Hall–Kier alpha value is -3.64. The van der Waals surface area contributed by atoms with Crippen molar-refractivity contribution >= 4 is 11.1 Å². The highest BCUT2D eigenvalue weighted by atomic mass is 14.4. The molecular weight excluding hydrogens is 372 g/mol. The van der Waals surface area contributed by atoms with Crippen molar-refractivity contribution in [1.29, 1.82) is 0 Å². The molecule has 4 aromatic rings. The minimum absolute atomic E-state index is 0.103. The molecule has 1 aliphatic carbocycles. The lowest BCUT2D eigenvalue weighted by Gasteiger charge is -2.37. The molecule has 0 saturated heterocycles. The molecule has 0 N–H and O–H groups in total. The van der Waals surface area contributed by atoms with E-state index in [4.69, 9.17) is 0 Å². The minimum Gasteiger partial charge on any atom is -0.0654 e. The Balaban J connectivity index is 1.70. The molecule has 0 spiro atoms. The van der Waals surface area contributed by atoms with Gasteiger partial charge in [-0.2, -0.15) is 0 Å². The van der Waals surface area contributed by atoms with Crippen LogP contribution in [0.15, 0.2) is 133 Å². The number of allylic oxidation sites excluding steroid dienone is 4. The Labute approximate surface area is 185 Å². The third-order valence-electron chi connectivity index (χ3n) is 6.23. The van der Waals surface area contributed by atoms with Crippen LogP contribution in [-0.4, -0.2) is 0 Å². The first-order valence-corrected chi connectivity index (χ1v) is 11.0. The Morgan fingerprint density at radius 2 is 1.06 bits per heavy atom. The summed E-state index contributed by atoms with van der Waals surface area (Å²) >= 11 is 0. The third-order valence-corrected chi connectivity index (χ3v) is 6.23. The summed E-state index contributed by atoms with van der Waals surface area (Å²) in [4.78, 5) is 0. The number of hydrogen-bond donors (Lipinski definition) is 0. The highest BCUT2D eigenvalue weighted by molar-refractivity contribution is 5.88. The zero-order valence-electron chi connectivity index (χ0n) is 17.6. The zero-order valence-corrected chi connectivity index (χ0v) is 17.6. The third kappa shape index (κ3) is 4.15. The van der Waals surface area contributed by atoms with E-state index in [0.717, 1.165) is 12.8 Å². The molecule has 0 amide bonds. The topological polar surface area (TPSA) is 0 Å². The molecule has 1 aliphatic rings. The van der Waals surface area contributed by atoms with Gasteiger partial charge in [-0.25, -0.2) is 0 Å². The molecular formula is C31H26. The van der Waals surface area contributed by atoms with Crippen LogP contribution >= 0.6 is 0 Å². The smallest absolute Gasteiger partial charge is 0.0222 e. The summed E-state index contributed by atoms with van der Waals surface area (Å²) in [6.07, 6.45) is 6.85. The van der Waals surface area contributed by atoms with Gasteiger partial charge in [-0.1, -0.05) is 133 Å².